The molecule has 6 heteroatoms. The van der Waals surface area contributed by atoms with Crippen molar-refractivity contribution >= 4 is 17.1 Å². The highest BCUT2D eigenvalue weighted by atomic mass is 19.4. The first kappa shape index (κ1) is 17.9. The van der Waals surface area contributed by atoms with E-state index in [0.717, 1.165) is 0 Å². The zero-order chi connectivity index (χ0) is 17.0. The molecular formula is C16H18F3NO2. The standard InChI is InChI=1S/C16H18F3NO2/c1-11(20-22-15(2,3)4)14(21)10-13(16(17,18)19)12-8-6-5-7-9-12/h5-10H,1-4H3/b13-10-,20-11+. The predicted octanol–water partition coefficient (Wildman–Crippen LogP) is 4.39. The van der Waals surface area contributed by atoms with Crippen molar-refractivity contribution in [3.8, 4) is 0 Å². The number of benzene rings is 1. The van der Waals surface area contributed by atoms with Crippen molar-refractivity contribution in [2.45, 2.75) is 39.5 Å². The maximum atomic E-state index is 13.1. The molecule has 0 aliphatic carbocycles. The number of halogens is 3. The summed E-state index contributed by atoms with van der Waals surface area (Å²) in [5, 5.41) is 3.58. The van der Waals surface area contributed by atoms with Gasteiger partial charge in [-0.1, -0.05) is 35.5 Å². The number of carbonyl (C=O) groups excluding carboxylic acids is 1. The molecule has 0 radical (unpaired) electrons. The molecule has 0 aliphatic heterocycles. The molecule has 0 aromatic heterocycles. The molecule has 0 amide bonds. The minimum atomic E-state index is -4.64. The summed E-state index contributed by atoms with van der Waals surface area (Å²) in [6.45, 7) is 6.46. The largest absolute Gasteiger partial charge is 0.417 e. The second kappa shape index (κ2) is 6.77. The van der Waals surface area contributed by atoms with Gasteiger partial charge in [-0.15, -0.1) is 0 Å². The maximum Gasteiger partial charge on any atom is 0.417 e. The molecular weight excluding hydrogens is 295 g/mol. The van der Waals surface area contributed by atoms with E-state index in [1.54, 1.807) is 26.8 Å². The summed E-state index contributed by atoms with van der Waals surface area (Å²) in [7, 11) is 0. The number of oxime groups is 1. The molecule has 0 atom stereocenters. The van der Waals surface area contributed by atoms with Gasteiger partial charge in [-0.25, -0.2) is 0 Å². The van der Waals surface area contributed by atoms with Gasteiger partial charge >= 0.3 is 6.18 Å². The lowest BCUT2D eigenvalue weighted by Crippen LogP contribution is -2.19. The Morgan fingerprint density at radius 1 is 1.14 bits per heavy atom. The Bertz CT molecular complexity index is 582. The normalized spacial score (nSPS) is 14.0. The number of hydrogen-bond acceptors (Lipinski definition) is 3. The van der Waals surface area contributed by atoms with Crippen molar-refractivity contribution in [3.05, 3.63) is 42.0 Å². The molecule has 120 valence electrons. The third-order valence-corrected chi connectivity index (χ3v) is 2.48. The lowest BCUT2D eigenvalue weighted by molar-refractivity contribution is -0.109. The van der Waals surface area contributed by atoms with Crippen molar-refractivity contribution in [2.24, 2.45) is 5.16 Å². The summed E-state index contributed by atoms with van der Waals surface area (Å²) < 4.78 is 39.3. The van der Waals surface area contributed by atoms with E-state index in [2.05, 4.69) is 5.16 Å². The number of alkyl halides is 3. The van der Waals surface area contributed by atoms with Crippen LogP contribution in [0.4, 0.5) is 13.2 Å². The lowest BCUT2D eigenvalue weighted by atomic mass is 10.0. The van der Waals surface area contributed by atoms with Crippen LogP contribution >= 0.6 is 0 Å². The summed E-state index contributed by atoms with van der Waals surface area (Å²) >= 11 is 0. The second-order valence-electron chi connectivity index (χ2n) is 5.67. The van der Waals surface area contributed by atoms with Crippen LogP contribution in [-0.4, -0.2) is 23.3 Å². The summed E-state index contributed by atoms with van der Waals surface area (Å²) in [6, 6.07) is 7.14. The van der Waals surface area contributed by atoms with E-state index in [1.165, 1.54) is 31.2 Å². The topological polar surface area (TPSA) is 38.7 Å². The van der Waals surface area contributed by atoms with Crippen LogP contribution in [0.3, 0.4) is 0 Å². The van der Waals surface area contributed by atoms with Crippen LogP contribution in [0.2, 0.25) is 0 Å². The van der Waals surface area contributed by atoms with Gasteiger partial charge in [0.05, 0.1) is 5.57 Å². The molecule has 0 saturated heterocycles. The van der Waals surface area contributed by atoms with E-state index < -0.39 is 23.1 Å². The summed E-state index contributed by atoms with van der Waals surface area (Å²) in [5.74, 6) is -0.847. The lowest BCUT2D eigenvalue weighted by Gasteiger charge is -2.16. The van der Waals surface area contributed by atoms with Gasteiger partial charge in [-0.3, -0.25) is 4.79 Å². The molecule has 0 spiro atoms. The Hall–Kier alpha value is -2.11. The summed E-state index contributed by atoms with van der Waals surface area (Å²) in [6.07, 6.45) is -4.09. The highest BCUT2D eigenvalue weighted by Gasteiger charge is 2.35. The molecule has 0 saturated carbocycles. The van der Waals surface area contributed by atoms with Crippen molar-refractivity contribution in [1.29, 1.82) is 0 Å². The fourth-order valence-corrected chi connectivity index (χ4v) is 1.43. The Kier molecular flexibility index (Phi) is 5.52. The molecule has 0 fully saturated rings. The molecule has 1 rings (SSSR count). The first-order valence-corrected chi connectivity index (χ1v) is 6.62. The van der Waals surface area contributed by atoms with Crippen molar-refractivity contribution in [1.82, 2.24) is 0 Å². The SMILES string of the molecule is C/C(=N\OC(C)(C)C)C(=O)/C=C(/c1ccccc1)C(F)(F)F. The summed E-state index contributed by atoms with van der Waals surface area (Å²) in [4.78, 5) is 16.9. The third kappa shape index (κ3) is 5.71. The Balaban J connectivity index is 3.11. The monoisotopic (exact) mass is 313 g/mol. The highest BCUT2D eigenvalue weighted by molar-refractivity contribution is 6.44. The molecule has 0 bridgehead atoms. The van der Waals surface area contributed by atoms with E-state index in [9.17, 15) is 18.0 Å². The number of allylic oxidation sites excluding steroid dienone is 2. The third-order valence-electron chi connectivity index (χ3n) is 2.48. The number of rotatable bonds is 4. The van der Waals surface area contributed by atoms with Gasteiger partial charge in [0, 0.05) is 6.08 Å². The van der Waals surface area contributed by atoms with E-state index in [-0.39, 0.29) is 11.3 Å². The quantitative estimate of drug-likeness (QED) is 0.470. The first-order chi connectivity index (χ1) is 10.0. The summed E-state index contributed by atoms with van der Waals surface area (Å²) in [5.41, 5.74) is -1.86. The van der Waals surface area contributed by atoms with Crippen LogP contribution in [0.5, 0.6) is 0 Å². The second-order valence-corrected chi connectivity index (χ2v) is 5.67. The molecule has 22 heavy (non-hydrogen) atoms. The molecule has 0 aliphatic rings. The number of carbonyl (C=O) groups is 1. The molecule has 1 aromatic rings. The smallest absolute Gasteiger partial charge is 0.390 e. The van der Waals surface area contributed by atoms with Crippen LogP contribution in [0.25, 0.3) is 5.57 Å². The van der Waals surface area contributed by atoms with E-state index in [1.807, 2.05) is 0 Å². The first-order valence-electron chi connectivity index (χ1n) is 6.62. The van der Waals surface area contributed by atoms with E-state index >= 15 is 0 Å². The number of hydrogen-bond donors (Lipinski definition) is 0. The maximum absolute atomic E-state index is 13.1. The zero-order valence-electron chi connectivity index (χ0n) is 12.9. The van der Waals surface area contributed by atoms with Crippen molar-refractivity contribution < 1.29 is 22.8 Å². The van der Waals surface area contributed by atoms with Gasteiger partial charge in [-0.05, 0) is 33.3 Å². The van der Waals surface area contributed by atoms with Crippen molar-refractivity contribution in [2.75, 3.05) is 0 Å². The van der Waals surface area contributed by atoms with E-state index in [0.29, 0.717) is 6.08 Å². The van der Waals surface area contributed by atoms with Crippen LogP contribution in [0.15, 0.2) is 41.6 Å². The molecule has 0 unspecified atom stereocenters. The van der Waals surface area contributed by atoms with E-state index in [4.69, 9.17) is 4.84 Å². The van der Waals surface area contributed by atoms with Crippen LogP contribution in [0, 0.1) is 0 Å². The average molecular weight is 313 g/mol. The van der Waals surface area contributed by atoms with Gasteiger partial charge in [0.25, 0.3) is 0 Å². The molecule has 0 heterocycles. The van der Waals surface area contributed by atoms with Gasteiger partial charge in [-0.2, -0.15) is 13.2 Å². The van der Waals surface area contributed by atoms with Gasteiger partial charge in [0.2, 0.25) is 5.78 Å². The zero-order valence-corrected chi connectivity index (χ0v) is 12.9. The number of nitrogens with zero attached hydrogens (tertiary/aromatic N) is 1. The fourth-order valence-electron chi connectivity index (χ4n) is 1.43. The van der Waals surface area contributed by atoms with Gasteiger partial charge in [0.15, 0.2) is 0 Å². The average Bonchev–Trinajstić information content (AvgIpc) is 2.40. The van der Waals surface area contributed by atoms with Crippen LogP contribution in [-0.2, 0) is 9.63 Å². The number of ketones is 1. The minimum Gasteiger partial charge on any atom is -0.390 e. The minimum absolute atomic E-state index is 0.0760. The Labute approximate surface area is 127 Å². The van der Waals surface area contributed by atoms with Crippen LogP contribution < -0.4 is 0 Å². The van der Waals surface area contributed by atoms with Gasteiger partial charge in [0.1, 0.15) is 11.3 Å². The Morgan fingerprint density at radius 2 is 1.68 bits per heavy atom. The van der Waals surface area contributed by atoms with Crippen LogP contribution in [0.1, 0.15) is 33.3 Å². The molecule has 3 nitrogen and oxygen atoms in total. The van der Waals surface area contributed by atoms with Crippen molar-refractivity contribution in [3.63, 3.8) is 0 Å². The predicted molar refractivity (Wildman–Crippen MR) is 79.4 cm³/mol. The molecule has 0 N–H and O–H groups in total. The Morgan fingerprint density at radius 3 is 2.14 bits per heavy atom. The van der Waals surface area contributed by atoms with Gasteiger partial charge < -0.3 is 4.84 Å². The highest BCUT2D eigenvalue weighted by Crippen LogP contribution is 2.33. The fraction of sp³-hybridized carbons (Fsp3) is 0.375. The molecule has 1 aromatic carbocycles.